The van der Waals surface area contributed by atoms with Gasteiger partial charge in [-0.1, -0.05) is 24.3 Å². The third-order valence-corrected chi connectivity index (χ3v) is 7.37. The molecule has 0 spiro atoms. The van der Waals surface area contributed by atoms with Gasteiger partial charge in [-0.25, -0.2) is 12.8 Å². The van der Waals surface area contributed by atoms with Crippen molar-refractivity contribution in [3.63, 3.8) is 0 Å². The van der Waals surface area contributed by atoms with Crippen molar-refractivity contribution < 1.29 is 22.3 Å². The number of rotatable bonds is 4. The molecule has 1 N–H and O–H groups in total. The Bertz CT molecular complexity index is 1020. The van der Waals surface area contributed by atoms with E-state index >= 15 is 0 Å². The topological polar surface area (TPSA) is 75.7 Å². The number of morpholine rings is 1. The van der Waals surface area contributed by atoms with Crippen LogP contribution in [-0.2, 0) is 21.2 Å². The fraction of sp³-hybridized carbons (Fsp3) is 0.381. The number of carbonyl (C=O) groups excluding carboxylic acids is 1. The molecule has 1 aliphatic heterocycles. The number of carbonyl (C=O) groups is 1. The summed E-state index contributed by atoms with van der Waals surface area (Å²) in [6.45, 7) is 0.859. The van der Waals surface area contributed by atoms with Gasteiger partial charge in [0.15, 0.2) is 0 Å². The molecule has 154 valence electrons. The first kappa shape index (κ1) is 20.0. The maximum absolute atomic E-state index is 14.4. The van der Waals surface area contributed by atoms with Crippen molar-refractivity contribution in [3.05, 3.63) is 65.0 Å². The Balaban J connectivity index is 1.58. The van der Waals surface area contributed by atoms with Crippen molar-refractivity contribution in [2.24, 2.45) is 0 Å². The van der Waals surface area contributed by atoms with E-state index in [1.54, 1.807) is 0 Å². The van der Waals surface area contributed by atoms with Crippen LogP contribution in [-0.4, -0.2) is 44.9 Å². The molecule has 29 heavy (non-hydrogen) atoms. The summed E-state index contributed by atoms with van der Waals surface area (Å²) in [6.07, 6.45) is 2.74. The van der Waals surface area contributed by atoms with Crippen LogP contribution in [0.3, 0.4) is 0 Å². The Kier molecular flexibility index (Phi) is 5.67. The Morgan fingerprint density at radius 1 is 1.14 bits per heavy atom. The van der Waals surface area contributed by atoms with E-state index < -0.39 is 26.6 Å². The van der Waals surface area contributed by atoms with Crippen molar-refractivity contribution in [1.29, 1.82) is 0 Å². The number of amides is 1. The van der Waals surface area contributed by atoms with Gasteiger partial charge in [-0.3, -0.25) is 4.79 Å². The zero-order chi connectivity index (χ0) is 20.4. The molecule has 1 atom stereocenters. The SMILES string of the molecule is O=C(NC1CCCc2ccccc21)c1ccc(F)c(S(=O)(=O)N2CCOCC2)c1. The van der Waals surface area contributed by atoms with Crippen LogP contribution in [0.15, 0.2) is 47.4 Å². The van der Waals surface area contributed by atoms with E-state index in [4.69, 9.17) is 4.74 Å². The lowest BCUT2D eigenvalue weighted by molar-refractivity contribution is 0.0729. The highest BCUT2D eigenvalue weighted by molar-refractivity contribution is 7.89. The number of sulfonamides is 1. The second kappa shape index (κ2) is 8.22. The van der Waals surface area contributed by atoms with E-state index in [1.165, 1.54) is 15.9 Å². The first-order valence-electron chi connectivity index (χ1n) is 9.73. The highest BCUT2D eigenvalue weighted by Gasteiger charge is 2.30. The molecule has 2 aromatic carbocycles. The molecular formula is C21H23FN2O4S. The van der Waals surface area contributed by atoms with Gasteiger partial charge in [-0.2, -0.15) is 4.31 Å². The number of aryl methyl sites for hydroxylation is 1. The number of hydrogen-bond donors (Lipinski definition) is 1. The van der Waals surface area contributed by atoms with Crippen LogP contribution in [0, 0.1) is 5.82 Å². The van der Waals surface area contributed by atoms with Crippen LogP contribution in [0.25, 0.3) is 0 Å². The standard InChI is InChI=1S/C21H23FN2O4S/c22-18-9-8-16(14-20(18)29(26,27)24-10-12-28-13-11-24)21(25)23-19-7-3-5-15-4-1-2-6-17(15)19/h1-2,4,6,8-9,14,19H,3,5,7,10-13H2,(H,23,25). The number of halogens is 1. The van der Waals surface area contributed by atoms with E-state index in [-0.39, 0.29) is 37.9 Å². The molecule has 1 aliphatic carbocycles. The summed E-state index contributed by atoms with van der Waals surface area (Å²) in [7, 11) is -4.03. The first-order chi connectivity index (χ1) is 14.0. The van der Waals surface area contributed by atoms with Crippen LogP contribution < -0.4 is 5.32 Å². The summed E-state index contributed by atoms with van der Waals surface area (Å²) in [5, 5.41) is 2.98. The monoisotopic (exact) mass is 418 g/mol. The fourth-order valence-corrected chi connectivity index (χ4v) is 5.41. The zero-order valence-electron chi connectivity index (χ0n) is 15.9. The molecule has 0 saturated carbocycles. The van der Waals surface area contributed by atoms with E-state index in [9.17, 15) is 17.6 Å². The van der Waals surface area contributed by atoms with Crippen LogP contribution in [0.5, 0.6) is 0 Å². The molecule has 1 heterocycles. The number of ether oxygens (including phenoxy) is 1. The average Bonchev–Trinajstić information content (AvgIpc) is 2.75. The van der Waals surface area contributed by atoms with Crippen LogP contribution in [0.2, 0.25) is 0 Å². The van der Waals surface area contributed by atoms with Gasteiger partial charge < -0.3 is 10.1 Å². The largest absolute Gasteiger partial charge is 0.379 e. The van der Waals surface area contributed by atoms with E-state index in [2.05, 4.69) is 11.4 Å². The van der Waals surface area contributed by atoms with E-state index in [0.29, 0.717) is 0 Å². The van der Waals surface area contributed by atoms with Crippen LogP contribution >= 0.6 is 0 Å². The molecule has 2 aliphatic rings. The molecule has 8 heteroatoms. The summed E-state index contributed by atoms with van der Waals surface area (Å²) in [6, 6.07) is 11.3. The summed E-state index contributed by atoms with van der Waals surface area (Å²) < 4.78 is 46.4. The Morgan fingerprint density at radius 3 is 2.69 bits per heavy atom. The lowest BCUT2D eigenvalue weighted by atomic mass is 9.87. The number of nitrogens with zero attached hydrogens (tertiary/aromatic N) is 1. The first-order valence-corrected chi connectivity index (χ1v) is 11.2. The van der Waals surface area contributed by atoms with Crippen LogP contribution in [0.4, 0.5) is 4.39 Å². The molecule has 1 unspecified atom stereocenters. The molecule has 2 aromatic rings. The molecule has 0 bridgehead atoms. The van der Waals surface area contributed by atoms with Gasteiger partial charge >= 0.3 is 0 Å². The van der Waals surface area contributed by atoms with E-state index in [0.717, 1.165) is 37.0 Å². The summed E-state index contributed by atoms with van der Waals surface area (Å²) in [5.41, 5.74) is 2.41. The van der Waals surface area contributed by atoms with Crippen molar-refractivity contribution in [2.75, 3.05) is 26.3 Å². The molecule has 0 radical (unpaired) electrons. The van der Waals surface area contributed by atoms with Gasteiger partial charge in [-0.15, -0.1) is 0 Å². The fourth-order valence-electron chi connectivity index (χ4n) is 3.91. The minimum atomic E-state index is -4.03. The molecule has 4 rings (SSSR count). The second-order valence-electron chi connectivity index (χ2n) is 7.28. The maximum atomic E-state index is 14.4. The number of hydrogen-bond acceptors (Lipinski definition) is 4. The highest BCUT2D eigenvalue weighted by atomic mass is 32.2. The predicted octanol–water partition coefficient (Wildman–Crippen LogP) is 2.65. The minimum Gasteiger partial charge on any atom is -0.379 e. The summed E-state index contributed by atoms with van der Waals surface area (Å²) in [5.74, 6) is -1.28. The zero-order valence-corrected chi connectivity index (χ0v) is 16.8. The lowest BCUT2D eigenvalue weighted by Gasteiger charge is -2.27. The Labute approximate surface area is 169 Å². The lowest BCUT2D eigenvalue weighted by Crippen LogP contribution is -2.41. The average molecular weight is 418 g/mol. The smallest absolute Gasteiger partial charge is 0.251 e. The molecule has 1 saturated heterocycles. The van der Waals surface area contributed by atoms with Crippen molar-refractivity contribution >= 4 is 15.9 Å². The number of fused-ring (bicyclic) bond motifs is 1. The Morgan fingerprint density at radius 2 is 1.90 bits per heavy atom. The third-order valence-electron chi connectivity index (χ3n) is 5.46. The van der Waals surface area contributed by atoms with Gasteiger partial charge in [0.1, 0.15) is 10.7 Å². The van der Waals surface area contributed by atoms with Crippen LogP contribution in [0.1, 0.15) is 40.4 Å². The number of nitrogens with one attached hydrogen (secondary N) is 1. The molecule has 0 aromatic heterocycles. The molecule has 1 amide bonds. The van der Waals surface area contributed by atoms with E-state index in [1.807, 2.05) is 18.2 Å². The summed E-state index contributed by atoms with van der Waals surface area (Å²) >= 11 is 0. The predicted molar refractivity (Wildman–Crippen MR) is 106 cm³/mol. The minimum absolute atomic E-state index is 0.126. The molecular weight excluding hydrogens is 395 g/mol. The van der Waals surface area contributed by atoms with Gasteiger partial charge in [0.25, 0.3) is 5.91 Å². The maximum Gasteiger partial charge on any atom is 0.251 e. The normalized spacial score (nSPS) is 20.1. The van der Waals surface area contributed by atoms with Gasteiger partial charge in [0, 0.05) is 18.7 Å². The Hall–Kier alpha value is -2.29. The quantitative estimate of drug-likeness (QED) is 0.828. The second-order valence-corrected chi connectivity index (χ2v) is 9.19. The number of benzene rings is 2. The molecule has 6 nitrogen and oxygen atoms in total. The summed E-state index contributed by atoms with van der Waals surface area (Å²) in [4.78, 5) is 12.4. The van der Waals surface area contributed by atoms with Crippen molar-refractivity contribution in [2.45, 2.75) is 30.2 Å². The van der Waals surface area contributed by atoms with Crippen molar-refractivity contribution in [3.8, 4) is 0 Å². The highest BCUT2D eigenvalue weighted by Crippen LogP contribution is 2.30. The van der Waals surface area contributed by atoms with Gasteiger partial charge in [0.2, 0.25) is 10.0 Å². The third kappa shape index (κ3) is 4.05. The van der Waals surface area contributed by atoms with Gasteiger partial charge in [-0.05, 0) is 48.6 Å². The van der Waals surface area contributed by atoms with Crippen molar-refractivity contribution in [1.82, 2.24) is 9.62 Å². The molecule has 1 fully saturated rings. The van der Waals surface area contributed by atoms with Gasteiger partial charge in [0.05, 0.1) is 19.3 Å².